The Morgan fingerprint density at radius 1 is 0.621 bits per heavy atom. The maximum atomic E-state index is 14.1. The molecule has 0 spiro atoms. The summed E-state index contributed by atoms with van der Waals surface area (Å²) in [5, 5.41) is 54.0. The van der Waals surface area contributed by atoms with Crippen LogP contribution < -0.4 is 11.1 Å². The van der Waals surface area contributed by atoms with Gasteiger partial charge in [-0.25, -0.2) is 0 Å². The number of carboxylic acid groups (broad SMARTS) is 1. The fourth-order valence-electron chi connectivity index (χ4n) is 8.08. The number of amides is 2. The highest BCUT2D eigenvalue weighted by molar-refractivity contribution is 5.92. The Kier molecular flexibility index (Phi) is 31.1. The second kappa shape index (κ2) is 33.5. The van der Waals surface area contributed by atoms with Gasteiger partial charge in [0.05, 0.1) is 19.3 Å². The van der Waals surface area contributed by atoms with E-state index in [1.54, 1.807) is 0 Å². The van der Waals surface area contributed by atoms with Crippen molar-refractivity contribution in [1.29, 1.82) is 0 Å². The molecule has 6 atom stereocenters. The van der Waals surface area contributed by atoms with E-state index in [0.717, 1.165) is 51.4 Å². The van der Waals surface area contributed by atoms with Crippen LogP contribution in [0, 0.1) is 5.92 Å². The summed E-state index contributed by atoms with van der Waals surface area (Å²) in [5.41, 5.74) is 6.92. The van der Waals surface area contributed by atoms with E-state index in [4.69, 9.17) is 15.6 Å². The number of hydrogen-bond acceptors (Lipinski definition) is 10. The van der Waals surface area contributed by atoms with E-state index in [2.05, 4.69) is 19.2 Å². The van der Waals surface area contributed by atoms with Gasteiger partial charge in [-0.3, -0.25) is 24.9 Å². The first-order valence-corrected chi connectivity index (χ1v) is 23.4. The van der Waals surface area contributed by atoms with Crippen molar-refractivity contribution in [3.8, 4) is 0 Å². The third-order valence-corrected chi connectivity index (χ3v) is 11.7. The fraction of sp³-hybridized carbons (Fsp3) is 0.911. The molecule has 0 aromatic heterocycles. The zero-order valence-electron chi connectivity index (χ0n) is 36.5. The van der Waals surface area contributed by atoms with Crippen LogP contribution in [0.15, 0.2) is 0 Å². The van der Waals surface area contributed by atoms with Crippen molar-refractivity contribution in [2.24, 2.45) is 11.7 Å². The molecule has 8 N–H and O–H groups in total. The highest BCUT2D eigenvalue weighted by Gasteiger charge is 2.59. The molecule has 1 rings (SSSR count). The zero-order valence-corrected chi connectivity index (χ0v) is 36.5. The van der Waals surface area contributed by atoms with E-state index >= 15 is 0 Å². The van der Waals surface area contributed by atoms with E-state index in [9.17, 15) is 39.6 Å². The van der Waals surface area contributed by atoms with Crippen LogP contribution in [-0.4, -0.2) is 104 Å². The van der Waals surface area contributed by atoms with Crippen molar-refractivity contribution >= 4 is 23.6 Å². The van der Waals surface area contributed by atoms with Crippen LogP contribution in [0.2, 0.25) is 0 Å². The van der Waals surface area contributed by atoms with Crippen molar-refractivity contribution in [2.45, 2.75) is 237 Å². The van der Waals surface area contributed by atoms with Gasteiger partial charge in [-0.2, -0.15) is 0 Å². The Bertz CT molecular complexity index is 1100. The van der Waals surface area contributed by atoms with Crippen LogP contribution in [0.1, 0.15) is 206 Å². The number of ether oxygens (including phenoxy) is 1. The van der Waals surface area contributed by atoms with Crippen LogP contribution in [0.25, 0.3) is 0 Å². The minimum Gasteiger partial charge on any atom is -0.481 e. The average molecular weight is 828 g/mol. The summed E-state index contributed by atoms with van der Waals surface area (Å²) >= 11 is 0. The predicted molar refractivity (Wildman–Crippen MR) is 228 cm³/mol. The molecule has 0 aromatic carbocycles. The molecule has 340 valence electrons. The monoisotopic (exact) mass is 828 g/mol. The summed E-state index contributed by atoms with van der Waals surface area (Å²) in [6.07, 6.45) is 23.6. The minimum absolute atomic E-state index is 0.105. The molecule has 0 bridgehead atoms. The highest BCUT2D eigenvalue weighted by atomic mass is 16.6. The molecule has 1 saturated heterocycles. The van der Waals surface area contributed by atoms with Gasteiger partial charge in [0.15, 0.2) is 5.78 Å². The first-order valence-electron chi connectivity index (χ1n) is 23.4. The highest BCUT2D eigenvalue weighted by Crippen LogP contribution is 2.36. The van der Waals surface area contributed by atoms with Gasteiger partial charge in [-0.15, -0.1) is 0 Å². The Labute approximate surface area is 350 Å². The Hall–Kier alpha value is -2.16. The van der Waals surface area contributed by atoms with Crippen molar-refractivity contribution < 1.29 is 49.4 Å². The molecule has 1 aliphatic rings. The summed E-state index contributed by atoms with van der Waals surface area (Å²) in [6, 6.07) is -1.55. The molecule has 58 heavy (non-hydrogen) atoms. The number of nitrogens with zero attached hydrogens (tertiary/aromatic N) is 1. The minimum atomic E-state index is -2.30. The second-order valence-electron chi connectivity index (χ2n) is 16.8. The molecular formula is C45H85N3O10. The van der Waals surface area contributed by atoms with Gasteiger partial charge in [-0.1, -0.05) is 162 Å². The van der Waals surface area contributed by atoms with Gasteiger partial charge >= 0.3 is 5.97 Å². The number of aliphatic hydroxyl groups excluding tert-OH is 4. The first-order chi connectivity index (χ1) is 28.0. The Balaban J connectivity index is 2.98. The van der Waals surface area contributed by atoms with Gasteiger partial charge in [0.1, 0.15) is 24.2 Å². The topological polar surface area (TPSA) is 220 Å². The number of hydrogen-bond donors (Lipinski definition) is 7. The number of aliphatic carboxylic acids is 1. The third kappa shape index (κ3) is 21.9. The van der Waals surface area contributed by atoms with Crippen LogP contribution in [-0.2, 0) is 23.9 Å². The van der Waals surface area contributed by atoms with Gasteiger partial charge < -0.3 is 40.5 Å². The number of ketones is 1. The Morgan fingerprint density at radius 3 is 1.47 bits per heavy atom. The smallest absolute Gasteiger partial charge is 0.303 e. The molecular weight excluding hydrogens is 743 g/mol. The standard InChI is InChI=1S/C45H85N3O10/c1-3-5-7-9-11-13-14-15-16-17-18-19-21-23-25-29-33-48(39(52)31-26-24-22-20-12-10-8-6-4-2)45(46)41(44(57)43(56)37(35-50)58-45)42(55)36(34-49)47-38(51)30-27-28-32-40(53)54/h36-37,41,43-44,49-50,56-57H,3-35,46H2,1-2H3,(H,47,51)(H,53,54)/t36-,37+,41+,43+,44+,45-/m0/s1. The van der Waals surface area contributed by atoms with E-state index < -0.39 is 67.0 Å². The maximum Gasteiger partial charge on any atom is 0.303 e. The van der Waals surface area contributed by atoms with E-state index in [-0.39, 0.29) is 44.6 Å². The van der Waals surface area contributed by atoms with Crippen LogP contribution in [0.4, 0.5) is 0 Å². The third-order valence-electron chi connectivity index (χ3n) is 11.7. The van der Waals surface area contributed by atoms with Crippen molar-refractivity contribution in [2.75, 3.05) is 19.8 Å². The molecule has 0 aromatic rings. The number of Topliss-reactive ketones (excluding diaryl/α,β-unsaturated/α-hetero) is 1. The number of carbonyl (C=O) groups excluding carboxylic acids is 3. The molecule has 13 nitrogen and oxygen atoms in total. The lowest BCUT2D eigenvalue weighted by Gasteiger charge is -2.53. The molecule has 1 fully saturated rings. The summed E-state index contributed by atoms with van der Waals surface area (Å²) in [5.74, 6) is -7.00. The number of carbonyl (C=O) groups is 4. The molecule has 0 unspecified atom stereocenters. The number of nitrogens with two attached hydrogens (primary N) is 1. The second-order valence-corrected chi connectivity index (χ2v) is 16.8. The normalized spacial score (nSPS) is 21.2. The summed E-state index contributed by atoms with van der Waals surface area (Å²) in [4.78, 5) is 53.1. The number of carboxylic acids is 1. The fourth-order valence-corrected chi connectivity index (χ4v) is 8.08. The molecule has 0 aliphatic carbocycles. The van der Waals surface area contributed by atoms with Gasteiger partial charge in [0, 0.05) is 25.8 Å². The van der Waals surface area contributed by atoms with E-state index in [1.165, 1.54) is 101 Å². The summed E-state index contributed by atoms with van der Waals surface area (Å²) < 4.78 is 6.05. The SMILES string of the molecule is CCCCCCCCCCCCCCCCCCN(C(=O)CCCCCCCCCCC)[C@]1(N)O[C@H](CO)[C@@H](O)[C@H](O)[C@H]1C(=O)[C@H](CO)NC(=O)CCCCC(=O)O. The predicted octanol–water partition coefficient (Wildman–Crippen LogP) is 7.03. The number of rotatable bonds is 38. The molecule has 13 heteroatoms. The Morgan fingerprint density at radius 2 is 1.03 bits per heavy atom. The lowest BCUT2D eigenvalue weighted by Crippen LogP contribution is -2.76. The molecule has 2 amide bonds. The van der Waals surface area contributed by atoms with Gasteiger partial charge in [0.25, 0.3) is 0 Å². The average Bonchev–Trinajstić information content (AvgIpc) is 3.20. The molecule has 0 saturated carbocycles. The van der Waals surface area contributed by atoms with Crippen LogP contribution in [0.5, 0.6) is 0 Å². The summed E-state index contributed by atoms with van der Waals surface area (Å²) in [7, 11) is 0. The lowest BCUT2D eigenvalue weighted by atomic mass is 9.80. The maximum absolute atomic E-state index is 14.1. The number of aliphatic hydroxyl groups is 4. The van der Waals surface area contributed by atoms with E-state index in [1.807, 2.05) is 0 Å². The molecule has 1 heterocycles. The van der Waals surface area contributed by atoms with Gasteiger partial charge in [-0.05, 0) is 25.7 Å². The molecule has 1 aliphatic heterocycles. The number of nitrogens with one attached hydrogen (secondary N) is 1. The summed E-state index contributed by atoms with van der Waals surface area (Å²) in [6.45, 7) is 2.94. The zero-order chi connectivity index (χ0) is 43.0. The molecule has 0 radical (unpaired) electrons. The van der Waals surface area contributed by atoms with Crippen LogP contribution >= 0.6 is 0 Å². The number of unbranched alkanes of at least 4 members (excludes halogenated alkanes) is 24. The van der Waals surface area contributed by atoms with Gasteiger partial charge in [0.2, 0.25) is 17.7 Å². The van der Waals surface area contributed by atoms with Crippen molar-refractivity contribution in [3.63, 3.8) is 0 Å². The largest absolute Gasteiger partial charge is 0.481 e. The quantitative estimate of drug-likeness (QED) is 0.0247. The first kappa shape index (κ1) is 53.9. The lowest BCUT2D eigenvalue weighted by molar-refractivity contribution is -0.292. The van der Waals surface area contributed by atoms with Crippen molar-refractivity contribution in [1.82, 2.24) is 10.2 Å². The van der Waals surface area contributed by atoms with E-state index in [0.29, 0.717) is 12.8 Å². The van der Waals surface area contributed by atoms with Crippen LogP contribution in [0.3, 0.4) is 0 Å². The van der Waals surface area contributed by atoms with Crippen molar-refractivity contribution in [3.05, 3.63) is 0 Å².